The summed E-state index contributed by atoms with van der Waals surface area (Å²) in [4.78, 5) is 11.7. The lowest BCUT2D eigenvalue weighted by molar-refractivity contribution is 0.122. The first-order chi connectivity index (χ1) is 11.8. The van der Waals surface area contributed by atoms with Gasteiger partial charge in [-0.15, -0.1) is 0 Å². The number of anilines is 1. The number of rotatable bonds is 3. The first-order valence-electron chi connectivity index (χ1n) is 8.75. The van der Waals surface area contributed by atoms with Crippen molar-refractivity contribution in [1.29, 1.82) is 0 Å². The number of pyridine rings is 2. The molecule has 2 aromatic heterocycles. The molecule has 4 rings (SSSR count). The molecule has 0 radical (unpaired) electrons. The molecule has 0 atom stereocenters. The number of morpholine rings is 1. The molecular weight excluding hydrogens is 370 g/mol. The minimum absolute atomic E-state index is 0.272. The highest BCUT2D eigenvalue weighted by Gasteiger charge is 2.20. The van der Waals surface area contributed by atoms with E-state index in [0.29, 0.717) is 0 Å². The van der Waals surface area contributed by atoms with Crippen molar-refractivity contribution in [2.24, 2.45) is 0 Å². The number of nitrogens with zero attached hydrogens (tertiary/aromatic N) is 3. The van der Waals surface area contributed by atoms with Crippen molar-refractivity contribution in [3.05, 3.63) is 22.8 Å². The van der Waals surface area contributed by atoms with Crippen LogP contribution in [0.5, 0.6) is 5.88 Å². The summed E-state index contributed by atoms with van der Waals surface area (Å²) in [5.41, 5.74) is 0.931. The van der Waals surface area contributed by atoms with Gasteiger partial charge in [-0.1, -0.05) is 6.42 Å². The van der Waals surface area contributed by atoms with E-state index in [-0.39, 0.29) is 6.10 Å². The van der Waals surface area contributed by atoms with E-state index < -0.39 is 0 Å². The molecule has 6 heteroatoms. The van der Waals surface area contributed by atoms with Crippen molar-refractivity contribution in [1.82, 2.24) is 9.97 Å². The number of ether oxygens (including phenoxy) is 2. The van der Waals surface area contributed by atoms with Crippen LogP contribution in [0.3, 0.4) is 0 Å². The van der Waals surface area contributed by atoms with E-state index in [2.05, 4.69) is 37.9 Å². The van der Waals surface area contributed by atoms with Gasteiger partial charge >= 0.3 is 0 Å². The maximum atomic E-state index is 6.33. The highest BCUT2D eigenvalue weighted by Crippen LogP contribution is 2.32. The van der Waals surface area contributed by atoms with Crippen LogP contribution in [0.1, 0.15) is 32.1 Å². The predicted molar refractivity (Wildman–Crippen MR) is 97.8 cm³/mol. The maximum absolute atomic E-state index is 6.33. The van der Waals surface area contributed by atoms with Crippen LogP contribution in [0.15, 0.2) is 22.8 Å². The van der Waals surface area contributed by atoms with E-state index in [9.17, 15) is 0 Å². The summed E-state index contributed by atoms with van der Waals surface area (Å²) in [6, 6.07) is 4.11. The Hall–Kier alpha value is -1.40. The quantitative estimate of drug-likeness (QED) is 0.792. The van der Waals surface area contributed by atoms with Crippen LogP contribution in [0.2, 0.25) is 0 Å². The second-order valence-electron chi connectivity index (χ2n) is 6.48. The third-order valence-corrected chi connectivity index (χ3v) is 5.20. The fraction of sp³-hybridized carbons (Fsp3) is 0.556. The molecule has 1 aliphatic carbocycles. The Balaban J connectivity index is 1.71. The predicted octanol–water partition coefficient (Wildman–Crippen LogP) is 3.94. The van der Waals surface area contributed by atoms with Crippen LogP contribution >= 0.6 is 15.9 Å². The van der Waals surface area contributed by atoms with Crippen LogP contribution in [-0.2, 0) is 4.74 Å². The van der Waals surface area contributed by atoms with Crippen LogP contribution < -0.4 is 9.64 Å². The first kappa shape index (κ1) is 16.1. The minimum Gasteiger partial charge on any atom is -0.474 e. The lowest BCUT2D eigenvalue weighted by atomic mass is 9.98. The summed E-state index contributed by atoms with van der Waals surface area (Å²) in [5, 5.41) is 0.979. The summed E-state index contributed by atoms with van der Waals surface area (Å²) < 4.78 is 12.7. The van der Waals surface area contributed by atoms with Gasteiger partial charge in [-0.05, 0) is 47.7 Å². The zero-order chi connectivity index (χ0) is 16.4. The largest absolute Gasteiger partial charge is 0.474 e. The monoisotopic (exact) mass is 391 g/mol. The van der Waals surface area contributed by atoms with E-state index in [4.69, 9.17) is 14.5 Å². The summed E-state index contributed by atoms with van der Waals surface area (Å²) in [6.07, 6.45) is 8.14. The molecule has 1 aliphatic heterocycles. The van der Waals surface area contributed by atoms with Crippen LogP contribution in [-0.4, -0.2) is 42.4 Å². The average molecular weight is 392 g/mol. The van der Waals surface area contributed by atoms with Gasteiger partial charge in [-0.25, -0.2) is 0 Å². The van der Waals surface area contributed by atoms with Gasteiger partial charge in [0.1, 0.15) is 11.9 Å². The number of aromatic nitrogens is 2. The Morgan fingerprint density at radius 3 is 2.71 bits per heavy atom. The summed E-state index contributed by atoms with van der Waals surface area (Å²) in [7, 11) is 0. The smallest absolute Gasteiger partial charge is 0.225 e. The molecule has 0 amide bonds. The van der Waals surface area contributed by atoms with Gasteiger partial charge in [0.05, 0.1) is 24.1 Å². The van der Waals surface area contributed by atoms with Gasteiger partial charge in [-0.3, -0.25) is 4.98 Å². The molecule has 0 bridgehead atoms. The fourth-order valence-corrected chi connectivity index (χ4v) is 3.77. The van der Waals surface area contributed by atoms with Crippen LogP contribution in [0.4, 0.5) is 5.82 Å². The van der Waals surface area contributed by atoms with Gasteiger partial charge in [0.2, 0.25) is 5.88 Å². The van der Waals surface area contributed by atoms with Gasteiger partial charge < -0.3 is 14.4 Å². The Bertz CT molecular complexity index is 713. The molecule has 128 valence electrons. The molecular formula is C18H22BrN3O2. The SMILES string of the molecule is Brc1cnc2cc(N3CCOCC3)nc(OC3CCCCC3)c2c1. The normalized spacial score (nSPS) is 19.6. The molecule has 5 nitrogen and oxygen atoms in total. The highest BCUT2D eigenvalue weighted by molar-refractivity contribution is 9.10. The van der Waals surface area contributed by atoms with Crippen molar-refractivity contribution in [2.75, 3.05) is 31.2 Å². The Morgan fingerprint density at radius 1 is 1.12 bits per heavy atom. The zero-order valence-electron chi connectivity index (χ0n) is 13.7. The summed E-state index contributed by atoms with van der Waals surface area (Å²) in [5.74, 6) is 1.65. The third kappa shape index (κ3) is 3.49. The van der Waals surface area contributed by atoms with Crippen molar-refractivity contribution in [3.63, 3.8) is 0 Å². The number of hydrogen-bond donors (Lipinski definition) is 0. The van der Waals surface area contributed by atoms with Crippen molar-refractivity contribution in [2.45, 2.75) is 38.2 Å². The molecule has 1 saturated carbocycles. The van der Waals surface area contributed by atoms with Crippen LogP contribution in [0.25, 0.3) is 10.9 Å². The fourth-order valence-electron chi connectivity index (χ4n) is 3.44. The standard InChI is InChI=1S/C18H22BrN3O2/c19-13-10-15-16(20-12-13)11-17(22-6-8-23-9-7-22)21-18(15)24-14-4-2-1-3-5-14/h10-12,14H,1-9H2. The molecule has 0 unspecified atom stereocenters. The number of hydrogen-bond acceptors (Lipinski definition) is 5. The molecule has 1 saturated heterocycles. The topological polar surface area (TPSA) is 47.5 Å². The molecule has 0 aromatic carbocycles. The molecule has 2 aliphatic rings. The Morgan fingerprint density at radius 2 is 1.92 bits per heavy atom. The lowest BCUT2D eigenvalue weighted by Crippen LogP contribution is -2.36. The van der Waals surface area contributed by atoms with Crippen molar-refractivity contribution in [3.8, 4) is 5.88 Å². The molecule has 2 fully saturated rings. The second kappa shape index (κ2) is 7.23. The van der Waals surface area contributed by atoms with Gasteiger partial charge in [0.25, 0.3) is 0 Å². The first-order valence-corrected chi connectivity index (χ1v) is 9.54. The zero-order valence-corrected chi connectivity index (χ0v) is 15.3. The summed E-state index contributed by atoms with van der Waals surface area (Å²) in [6.45, 7) is 3.20. The second-order valence-corrected chi connectivity index (χ2v) is 7.40. The van der Waals surface area contributed by atoms with Crippen LogP contribution in [0, 0.1) is 0 Å². The third-order valence-electron chi connectivity index (χ3n) is 4.76. The highest BCUT2D eigenvalue weighted by atomic mass is 79.9. The number of fused-ring (bicyclic) bond motifs is 1. The van der Waals surface area contributed by atoms with E-state index in [0.717, 1.165) is 66.2 Å². The van der Waals surface area contributed by atoms with E-state index in [1.807, 2.05) is 6.20 Å². The molecule has 3 heterocycles. The molecule has 24 heavy (non-hydrogen) atoms. The van der Waals surface area contributed by atoms with Crippen molar-refractivity contribution >= 4 is 32.7 Å². The minimum atomic E-state index is 0.272. The molecule has 2 aromatic rings. The van der Waals surface area contributed by atoms with E-state index >= 15 is 0 Å². The number of halogens is 1. The maximum Gasteiger partial charge on any atom is 0.225 e. The molecule has 0 N–H and O–H groups in total. The van der Waals surface area contributed by atoms with Gasteiger partial charge in [0.15, 0.2) is 0 Å². The Labute approximate surface area is 150 Å². The lowest BCUT2D eigenvalue weighted by Gasteiger charge is -2.29. The molecule has 0 spiro atoms. The van der Waals surface area contributed by atoms with Gasteiger partial charge in [-0.2, -0.15) is 4.98 Å². The van der Waals surface area contributed by atoms with E-state index in [1.165, 1.54) is 19.3 Å². The average Bonchev–Trinajstić information content (AvgIpc) is 2.63. The Kier molecular flexibility index (Phi) is 4.85. The van der Waals surface area contributed by atoms with Crippen molar-refractivity contribution < 1.29 is 9.47 Å². The van der Waals surface area contributed by atoms with E-state index in [1.54, 1.807) is 0 Å². The van der Waals surface area contributed by atoms with Gasteiger partial charge in [0, 0.05) is 29.8 Å². The summed E-state index contributed by atoms with van der Waals surface area (Å²) >= 11 is 3.51.